The number of nitrogens with zero attached hydrogens (tertiary/aromatic N) is 1. The Morgan fingerprint density at radius 3 is 2.78 bits per heavy atom. The average molecular weight is 253 g/mol. The van der Waals surface area contributed by atoms with E-state index in [0.717, 1.165) is 51.1 Å². The third kappa shape index (κ3) is 5.65. The fourth-order valence-electron chi connectivity index (χ4n) is 2.70. The zero-order valence-electron chi connectivity index (χ0n) is 11.9. The molecule has 3 nitrogen and oxygen atoms in total. The molecule has 1 saturated heterocycles. The number of hydrogen-bond acceptors (Lipinski definition) is 2. The molecule has 0 saturated carbocycles. The maximum atomic E-state index is 12.0. The van der Waals surface area contributed by atoms with E-state index in [9.17, 15) is 9.59 Å². The average Bonchev–Trinajstić information content (AvgIpc) is 2.49. The molecule has 1 aliphatic heterocycles. The normalized spacial score (nSPS) is 20.9. The van der Waals surface area contributed by atoms with Crippen LogP contribution in [-0.4, -0.2) is 29.7 Å². The first kappa shape index (κ1) is 15.2. The summed E-state index contributed by atoms with van der Waals surface area (Å²) in [4.78, 5) is 24.8. The third-order valence-electron chi connectivity index (χ3n) is 3.83. The third-order valence-corrected chi connectivity index (χ3v) is 3.83. The van der Waals surface area contributed by atoms with Gasteiger partial charge in [-0.05, 0) is 38.5 Å². The van der Waals surface area contributed by atoms with Gasteiger partial charge in [0.15, 0.2) is 0 Å². The standard InChI is InChI=1S/C15H27NO2/c1-3-6-14-8-9-15(18)16(12-10-14)11-5-4-7-13(2)17/h14H,3-12H2,1-2H3. The van der Waals surface area contributed by atoms with E-state index >= 15 is 0 Å². The molecule has 1 aliphatic rings. The van der Waals surface area contributed by atoms with Gasteiger partial charge in [-0.2, -0.15) is 0 Å². The highest BCUT2D eigenvalue weighted by atomic mass is 16.2. The molecule has 0 radical (unpaired) electrons. The maximum Gasteiger partial charge on any atom is 0.222 e. The monoisotopic (exact) mass is 253 g/mol. The van der Waals surface area contributed by atoms with Gasteiger partial charge in [0.1, 0.15) is 5.78 Å². The quantitative estimate of drug-likeness (QED) is 0.653. The van der Waals surface area contributed by atoms with Crippen LogP contribution in [0, 0.1) is 5.92 Å². The first-order chi connectivity index (χ1) is 8.63. The second-order valence-electron chi connectivity index (χ2n) is 5.52. The molecule has 1 amide bonds. The van der Waals surface area contributed by atoms with Crippen molar-refractivity contribution in [3.63, 3.8) is 0 Å². The predicted molar refractivity (Wildman–Crippen MR) is 73.4 cm³/mol. The molecule has 1 heterocycles. The zero-order chi connectivity index (χ0) is 13.4. The Morgan fingerprint density at radius 1 is 1.33 bits per heavy atom. The summed E-state index contributed by atoms with van der Waals surface area (Å²) in [5, 5.41) is 0. The van der Waals surface area contributed by atoms with Gasteiger partial charge < -0.3 is 9.69 Å². The molecule has 0 bridgehead atoms. The van der Waals surface area contributed by atoms with E-state index in [0.29, 0.717) is 12.3 Å². The number of hydrogen-bond donors (Lipinski definition) is 0. The molecular weight excluding hydrogens is 226 g/mol. The molecule has 1 unspecified atom stereocenters. The molecule has 18 heavy (non-hydrogen) atoms. The van der Waals surface area contributed by atoms with Crippen molar-refractivity contribution in [3.8, 4) is 0 Å². The van der Waals surface area contributed by atoms with Crippen molar-refractivity contribution in [1.29, 1.82) is 0 Å². The zero-order valence-corrected chi connectivity index (χ0v) is 11.9. The van der Waals surface area contributed by atoms with Crippen LogP contribution in [0.2, 0.25) is 0 Å². The van der Waals surface area contributed by atoms with E-state index < -0.39 is 0 Å². The van der Waals surface area contributed by atoms with Crippen molar-refractivity contribution in [2.24, 2.45) is 5.92 Å². The Balaban J connectivity index is 2.27. The van der Waals surface area contributed by atoms with Gasteiger partial charge in [-0.15, -0.1) is 0 Å². The second-order valence-corrected chi connectivity index (χ2v) is 5.52. The van der Waals surface area contributed by atoms with Gasteiger partial charge >= 0.3 is 0 Å². The van der Waals surface area contributed by atoms with Crippen molar-refractivity contribution in [2.45, 2.75) is 65.2 Å². The summed E-state index contributed by atoms with van der Waals surface area (Å²) in [6.07, 6.45) is 7.95. The van der Waals surface area contributed by atoms with E-state index in [1.165, 1.54) is 12.8 Å². The summed E-state index contributed by atoms with van der Waals surface area (Å²) in [6.45, 7) is 5.60. The Kier molecular flexibility index (Phi) is 6.99. The van der Waals surface area contributed by atoms with Crippen LogP contribution < -0.4 is 0 Å². The van der Waals surface area contributed by atoms with Gasteiger partial charge in [-0.25, -0.2) is 0 Å². The molecule has 0 spiro atoms. The Hall–Kier alpha value is -0.860. The molecule has 3 heteroatoms. The van der Waals surface area contributed by atoms with Crippen LogP contribution in [0.25, 0.3) is 0 Å². The molecule has 1 rings (SSSR count). The summed E-state index contributed by atoms with van der Waals surface area (Å²) < 4.78 is 0. The lowest BCUT2D eigenvalue weighted by Crippen LogP contribution is -2.31. The van der Waals surface area contributed by atoms with Crippen LogP contribution in [0.1, 0.15) is 65.2 Å². The maximum absolute atomic E-state index is 12.0. The van der Waals surface area contributed by atoms with E-state index in [2.05, 4.69) is 6.92 Å². The van der Waals surface area contributed by atoms with Crippen LogP contribution in [0.15, 0.2) is 0 Å². The van der Waals surface area contributed by atoms with Gasteiger partial charge in [0.2, 0.25) is 5.91 Å². The number of carbonyl (C=O) groups is 2. The van der Waals surface area contributed by atoms with Crippen molar-refractivity contribution >= 4 is 11.7 Å². The number of amides is 1. The molecule has 1 atom stereocenters. The number of ketones is 1. The lowest BCUT2D eigenvalue weighted by molar-refractivity contribution is -0.130. The van der Waals surface area contributed by atoms with E-state index in [4.69, 9.17) is 0 Å². The van der Waals surface area contributed by atoms with Crippen molar-refractivity contribution in [2.75, 3.05) is 13.1 Å². The molecule has 0 aromatic carbocycles. The first-order valence-corrected chi connectivity index (χ1v) is 7.40. The summed E-state index contributed by atoms with van der Waals surface area (Å²) >= 11 is 0. The molecule has 104 valence electrons. The van der Waals surface area contributed by atoms with Gasteiger partial charge in [-0.1, -0.05) is 19.8 Å². The molecule has 0 aliphatic carbocycles. The summed E-state index contributed by atoms with van der Waals surface area (Å²) in [7, 11) is 0. The Morgan fingerprint density at radius 2 is 2.11 bits per heavy atom. The highest BCUT2D eigenvalue weighted by Gasteiger charge is 2.21. The van der Waals surface area contributed by atoms with Gasteiger partial charge in [0, 0.05) is 25.9 Å². The van der Waals surface area contributed by atoms with Crippen LogP contribution in [0.5, 0.6) is 0 Å². The number of rotatable bonds is 7. The smallest absolute Gasteiger partial charge is 0.222 e. The molecule has 1 fully saturated rings. The Bertz CT molecular complexity index is 276. The van der Waals surface area contributed by atoms with E-state index in [-0.39, 0.29) is 5.78 Å². The van der Waals surface area contributed by atoms with Crippen LogP contribution >= 0.6 is 0 Å². The summed E-state index contributed by atoms with van der Waals surface area (Å²) in [5.74, 6) is 1.30. The fourth-order valence-corrected chi connectivity index (χ4v) is 2.70. The number of likely N-dealkylation sites (tertiary alicyclic amines) is 1. The number of Topliss-reactive ketones (excluding diaryl/α,β-unsaturated/α-hetero) is 1. The van der Waals surface area contributed by atoms with Gasteiger partial charge in [-0.3, -0.25) is 4.79 Å². The topological polar surface area (TPSA) is 37.4 Å². The fraction of sp³-hybridized carbons (Fsp3) is 0.867. The van der Waals surface area contributed by atoms with Crippen molar-refractivity contribution in [1.82, 2.24) is 4.90 Å². The predicted octanol–water partition coefficient (Wildman–Crippen LogP) is 3.17. The SMILES string of the molecule is CCCC1CCC(=O)N(CCCCC(C)=O)CC1. The number of carbonyl (C=O) groups excluding carboxylic acids is 2. The van der Waals surface area contributed by atoms with Crippen LogP contribution in [0.4, 0.5) is 0 Å². The number of unbranched alkanes of at least 4 members (excludes halogenated alkanes) is 1. The van der Waals surface area contributed by atoms with E-state index in [1.807, 2.05) is 4.90 Å². The molecule has 0 aromatic rings. The highest BCUT2D eigenvalue weighted by Crippen LogP contribution is 2.22. The minimum atomic E-state index is 0.250. The van der Waals surface area contributed by atoms with Crippen molar-refractivity contribution < 1.29 is 9.59 Å². The summed E-state index contributed by atoms with van der Waals surface area (Å²) in [6, 6.07) is 0. The largest absolute Gasteiger partial charge is 0.343 e. The van der Waals surface area contributed by atoms with Gasteiger partial charge in [0.25, 0.3) is 0 Å². The van der Waals surface area contributed by atoms with Crippen LogP contribution in [-0.2, 0) is 9.59 Å². The van der Waals surface area contributed by atoms with Crippen molar-refractivity contribution in [3.05, 3.63) is 0 Å². The molecule has 0 aromatic heterocycles. The molecular formula is C15H27NO2. The minimum Gasteiger partial charge on any atom is -0.343 e. The minimum absolute atomic E-state index is 0.250. The lowest BCUT2D eigenvalue weighted by atomic mass is 9.96. The van der Waals surface area contributed by atoms with Crippen LogP contribution in [0.3, 0.4) is 0 Å². The highest BCUT2D eigenvalue weighted by molar-refractivity contribution is 5.76. The summed E-state index contributed by atoms with van der Waals surface area (Å²) in [5.41, 5.74) is 0. The lowest BCUT2D eigenvalue weighted by Gasteiger charge is -2.20. The van der Waals surface area contributed by atoms with Gasteiger partial charge in [0.05, 0.1) is 0 Å². The first-order valence-electron chi connectivity index (χ1n) is 7.40. The Labute approximate surface area is 111 Å². The molecule has 0 N–H and O–H groups in total. The second kappa shape index (κ2) is 8.28. The van der Waals surface area contributed by atoms with E-state index in [1.54, 1.807) is 6.92 Å².